The Kier molecular flexibility index (Phi) is 11.3. The molecule has 0 saturated carbocycles. The fraction of sp³-hybridized carbons (Fsp3) is 0.233. The summed E-state index contributed by atoms with van der Waals surface area (Å²) in [5, 5.41) is 14.5. The van der Waals surface area contributed by atoms with E-state index >= 15 is 0 Å². The van der Waals surface area contributed by atoms with Crippen LogP contribution in [-0.4, -0.2) is 23.1 Å². The zero-order valence-corrected chi connectivity index (χ0v) is 21.7. The van der Waals surface area contributed by atoms with Crippen molar-refractivity contribution in [1.82, 2.24) is 4.98 Å². The molecule has 0 aliphatic rings. The van der Waals surface area contributed by atoms with Crippen molar-refractivity contribution in [2.45, 2.75) is 40.5 Å². The summed E-state index contributed by atoms with van der Waals surface area (Å²) in [4.78, 5) is 13.2. The predicted octanol–water partition coefficient (Wildman–Crippen LogP) is 6.38. The molecule has 3 aromatic carbocycles. The van der Waals surface area contributed by atoms with Gasteiger partial charge in [0.1, 0.15) is 0 Å². The van der Waals surface area contributed by atoms with Crippen molar-refractivity contribution in [3.05, 3.63) is 107 Å². The summed E-state index contributed by atoms with van der Waals surface area (Å²) in [7, 11) is 0. The average molecular weight is 508 g/mol. The van der Waals surface area contributed by atoms with E-state index in [1.165, 1.54) is 10.8 Å². The minimum Gasteiger partial charge on any atom is -0.857 e. The van der Waals surface area contributed by atoms with E-state index in [0.29, 0.717) is 17.9 Å². The SMILES string of the molecule is CCCCN=C([O-])c1cccc(C(C)=Nc2c(C)cccc2C)n1.[Ni+2].[c-]1cccc2ccccc12. The standard InChI is InChI=1S/C20H25N3O.C10H7.Ni/c1-5-6-13-21-20(24)18-12-8-11-17(23-18)16(4)22-19-14(2)9-7-10-15(19)3;1-2-6-10-8-4-3-7-9(10)5-1;/h7-12H,5-6,13H2,1-4H3,(H,21,24);1-7H;/q;-1;+2/p-1. The first-order chi connectivity index (χ1) is 16.5. The van der Waals surface area contributed by atoms with Crippen molar-refractivity contribution in [3.8, 4) is 0 Å². The van der Waals surface area contributed by atoms with Crippen molar-refractivity contribution in [2.75, 3.05) is 6.54 Å². The third kappa shape index (κ3) is 8.15. The predicted molar refractivity (Wildman–Crippen MR) is 141 cm³/mol. The number of rotatable bonds is 6. The van der Waals surface area contributed by atoms with E-state index in [0.717, 1.165) is 35.4 Å². The second kappa shape index (κ2) is 14.2. The number of hydrogen-bond donors (Lipinski definition) is 0. The van der Waals surface area contributed by atoms with E-state index in [-0.39, 0.29) is 22.4 Å². The molecule has 0 atom stereocenters. The molecular weight excluding hydrogens is 477 g/mol. The molecule has 35 heavy (non-hydrogen) atoms. The smallest absolute Gasteiger partial charge is 0.857 e. The molecule has 1 aromatic heterocycles. The van der Waals surface area contributed by atoms with Gasteiger partial charge in [-0.05, 0) is 50.5 Å². The summed E-state index contributed by atoms with van der Waals surface area (Å²) in [6.07, 6.45) is 1.93. The van der Waals surface area contributed by atoms with Crippen LogP contribution in [0, 0.1) is 19.9 Å². The molecule has 0 aliphatic heterocycles. The van der Waals surface area contributed by atoms with Crippen LogP contribution in [-0.2, 0) is 16.5 Å². The number of pyridine rings is 1. The Morgan fingerprint density at radius 2 is 1.54 bits per heavy atom. The molecule has 4 nitrogen and oxygen atoms in total. The Morgan fingerprint density at radius 1 is 0.886 bits per heavy atom. The van der Waals surface area contributed by atoms with Crippen LogP contribution in [0.4, 0.5) is 5.69 Å². The largest absolute Gasteiger partial charge is 2.00 e. The third-order valence-electron chi connectivity index (χ3n) is 5.40. The third-order valence-corrected chi connectivity index (χ3v) is 5.40. The van der Waals surface area contributed by atoms with Crippen LogP contribution in [0.2, 0.25) is 0 Å². The topological polar surface area (TPSA) is 60.7 Å². The van der Waals surface area contributed by atoms with Crippen LogP contribution in [0.3, 0.4) is 0 Å². The zero-order valence-electron chi connectivity index (χ0n) is 20.7. The van der Waals surface area contributed by atoms with Gasteiger partial charge in [-0.2, -0.15) is 0 Å². The maximum Gasteiger partial charge on any atom is 2.00 e. The molecule has 0 spiro atoms. The summed E-state index contributed by atoms with van der Waals surface area (Å²) >= 11 is 0. The van der Waals surface area contributed by atoms with Crippen LogP contribution < -0.4 is 5.11 Å². The number of unbranched alkanes of at least 4 members (excludes halogenated alkanes) is 1. The summed E-state index contributed by atoms with van der Waals surface area (Å²) in [6.45, 7) is 8.62. The van der Waals surface area contributed by atoms with E-state index in [1.807, 2.05) is 75.4 Å². The van der Waals surface area contributed by atoms with Crippen molar-refractivity contribution in [1.29, 1.82) is 0 Å². The average Bonchev–Trinajstić information content (AvgIpc) is 2.87. The van der Waals surface area contributed by atoms with E-state index in [4.69, 9.17) is 4.99 Å². The molecule has 0 amide bonds. The van der Waals surface area contributed by atoms with Gasteiger partial charge >= 0.3 is 16.5 Å². The van der Waals surface area contributed by atoms with Crippen LogP contribution in [0.25, 0.3) is 10.8 Å². The molecule has 0 saturated heterocycles. The molecule has 4 aromatic rings. The van der Waals surface area contributed by atoms with Gasteiger partial charge in [0.15, 0.2) is 0 Å². The number of benzene rings is 3. The van der Waals surface area contributed by atoms with Gasteiger partial charge in [-0.3, -0.25) is 9.98 Å². The van der Waals surface area contributed by atoms with E-state index in [2.05, 4.69) is 41.2 Å². The fourth-order valence-corrected chi connectivity index (χ4v) is 3.45. The molecule has 0 radical (unpaired) electrons. The van der Waals surface area contributed by atoms with Gasteiger partial charge < -0.3 is 5.11 Å². The molecule has 0 fully saturated rings. The van der Waals surface area contributed by atoms with Gasteiger partial charge in [0.05, 0.1) is 22.8 Å². The molecule has 4 rings (SSSR count). The van der Waals surface area contributed by atoms with E-state index in [1.54, 1.807) is 6.07 Å². The molecule has 1 heterocycles. The molecule has 0 aliphatic carbocycles. The van der Waals surface area contributed by atoms with Gasteiger partial charge in [0, 0.05) is 12.4 Å². The first kappa shape index (κ1) is 27.9. The number of aromatic nitrogens is 1. The second-order valence-electron chi connectivity index (χ2n) is 8.14. The molecule has 0 bridgehead atoms. The van der Waals surface area contributed by atoms with Crippen LogP contribution in [0.1, 0.15) is 49.2 Å². The Morgan fingerprint density at radius 3 is 2.26 bits per heavy atom. The fourth-order valence-electron chi connectivity index (χ4n) is 3.45. The number of aryl methyl sites for hydroxylation is 2. The molecule has 0 N–H and O–H groups in total. The van der Waals surface area contributed by atoms with E-state index in [9.17, 15) is 5.11 Å². The summed E-state index contributed by atoms with van der Waals surface area (Å²) in [5.41, 5.74) is 5.07. The molecule has 5 heteroatoms. The van der Waals surface area contributed by atoms with Crippen molar-refractivity contribution in [3.63, 3.8) is 0 Å². The van der Waals surface area contributed by atoms with Gasteiger partial charge in [-0.15, -0.1) is 47.2 Å². The van der Waals surface area contributed by atoms with Crippen molar-refractivity contribution >= 4 is 28.1 Å². The number of para-hydroxylation sites is 1. The quantitative estimate of drug-likeness (QED) is 0.0998. The van der Waals surface area contributed by atoms with Gasteiger partial charge in [0.2, 0.25) is 0 Å². The Hall–Kier alpha value is -3.30. The second-order valence-corrected chi connectivity index (χ2v) is 8.14. The minimum atomic E-state index is -0.259. The number of fused-ring (bicyclic) bond motifs is 1. The number of nitrogens with zero attached hydrogens (tertiary/aromatic N) is 3. The monoisotopic (exact) mass is 507 g/mol. The molecule has 182 valence electrons. The van der Waals surface area contributed by atoms with Gasteiger partial charge in [0.25, 0.3) is 0 Å². The molecule has 0 unspecified atom stereocenters. The minimum absolute atomic E-state index is 0. The Balaban J connectivity index is 0.000000326. The Bertz CT molecular complexity index is 1210. The maximum atomic E-state index is 12.1. The van der Waals surface area contributed by atoms with Crippen LogP contribution >= 0.6 is 0 Å². The van der Waals surface area contributed by atoms with E-state index < -0.39 is 0 Å². The van der Waals surface area contributed by atoms with Gasteiger partial charge in [-0.1, -0.05) is 49.7 Å². The summed E-state index contributed by atoms with van der Waals surface area (Å²) < 4.78 is 0. The Labute approximate surface area is 218 Å². The first-order valence-electron chi connectivity index (χ1n) is 11.7. The number of hydrogen-bond acceptors (Lipinski definition) is 4. The first-order valence-corrected chi connectivity index (χ1v) is 11.7. The number of aliphatic imine (C=N–C) groups is 2. The maximum absolute atomic E-state index is 12.1. The normalized spacial score (nSPS) is 11.4. The van der Waals surface area contributed by atoms with Crippen LogP contribution in [0.5, 0.6) is 0 Å². The van der Waals surface area contributed by atoms with Crippen molar-refractivity contribution in [2.24, 2.45) is 9.98 Å². The van der Waals surface area contributed by atoms with Gasteiger partial charge in [-0.25, -0.2) is 4.98 Å². The summed E-state index contributed by atoms with van der Waals surface area (Å²) in [6, 6.07) is 28.9. The summed E-state index contributed by atoms with van der Waals surface area (Å²) in [5.74, 6) is -0.259. The van der Waals surface area contributed by atoms with Crippen molar-refractivity contribution < 1.29 is 21.6 Å². The zero-order chi connectivity index (χ0) is 24.3. The van der Waals surface area contributed by atoms with Crippen LogP contribution in [0.15, 0.2) is 88.8 Å². The molecular formula is C30H31N3NiO.